The molecule has 0 aliphatic carbocycles. The molecule has 0 rings (SSSR count). The summed E-state index contributed by atoms with van der Waals surface area (Å²) in [5.74, 6) is -0.870. The monoisotopic (exact) mass is 1210 g/mol. The van der Waals surface area contributed by atoms with E-state index in [9.17, 15) is 19.0 Å². The molecule has 0 aromatic heterocycles. The molecular formula is C76H122NO8P. The van der Waals surface area contributed by atoms with Gasteiger partial charge in [-0.2, -0.15) is 0 Å². The van der Waals surface area contributed by atoms with Gasteiger partial charge in [0.15, 0.2) is 6.10 Å². The van der Waals surface area contributed by atoms with Gasteiger partial charge in [0.2, 0.25) is 0 Å². The minimum Gasteiger partial charge on any atom is -0.756 e. The molecule has 2 atom stereocenters. The molecule has 0 spiro atoms. The van der Waals surface area contributed by atoms with E-state index >= 15 is 0 Å². The van der Waals surface area contributed by atoms with Gasteiger partial charge in [-0.05, 0) is 135 Å². The number of rotatable bonds is 59. The molecule has 0 amide bonds. The fourth-order valence-corrected chi connectivity index (χ4v) is 9.09. The molecule has 10 heteroatoms. The third kappa shape index (κ3) is 68.2. The van der Waals surface area contributed by atoms with E-state index in [4.69, 9.17) is 18.5 Å². The SMILES string of the molecule is CC/C=C\C/C=C\C/C=C\C/C=C\C/C=C\C/C=C\C/C=C\C/C=C\C/C=C\C/C=C\CCCCCCCCC(=O)OC(COC(=O)CCCCCCCCCCC/C=C\C/C=C\C/C=C\C/C=C\C/C=C\CC)COP(=O)([O-])OCC[N+](C)(C)C. The summed E-state index contributed by atoms with van der Waals surface area (Å²) >= 11 is 0. The van der Waals surface area contributed by atoms with Crippen LogP contribution in [0.5, 0.6) is 0 Å². The van der Waals surface area contributed by atoms with Crippen LogP contribution in [-0.2, 0) is 32.7 Å². The van der Waals surface area contributed by atoms with Crippen molar-refractivity contribution in [2.45, 2.75) is 238 Å². The first kappa shape index (κ1) is 81.1. The van der Waals surface area contributed by atoms with Crippen LogP contribution in [0, 0.1) is 0 Å². The second-order valence-corrected chi connectivity index (χ2v) is 24.1. The lowest BCUT2D eigenvalue weighted by molar-refractivity contribution is -0.870. The average molecular weight is 1210 g/mol. The number of nitrogens with zero attached hydrogens (tertiary/aromatic N) is 1. The normalized spacial score (nSPS) is 14.3. The van der Waals surface area contributed by atoms with Crippen LogP contribution in [0.25, 0.3) is 0 Å². The first-order chi connectivity index (χ1) is 42.0. The molecule has 0 saturated heterocycles. The summed E-state index contributed by atoms with van der Waals surface area (Å²) < 4.78 is 34.2. The molecule has 0 aromatic carbocycles. The van der Waals surface area contributed by atoms with E-state index in [1.165, 1.54) is 32.1 Å². The number of hydrogen-bond acceptors (Lipinski definition) is 8. The van der Waals surface area contributed by atoms with Crippen LogP contribution < -0.4 is 4.89 Å². The number of carbonyl (C=O) groups is 2. The number of hydrogen-bond donors (Lipinski definition) is 0. The standard InChI is InChI=1S/C76H122NO8P/c1-6-8-10-12-14-16-18-20-22-24-26-28-30-32-33-34-35-36-37-38-39-40-41-42-43-45-47-49-51-53-55-57-59-61-63-65-67-69-76(79)85-74(73-84-86(80,81)83-71-70-77(3,4)5)72-82-75(78)68-66-64-62-60-58-56-54-52-50-48-46-44-31-29-27-25-23-21-19-17-15-13-11-9-7-2/h8-11,14-17,20-23,26-29,32-33,35-36,38-39,41-42,44-47,51,53,74H,6-7,12-13,18-19,24-25,30-31,34,37,40,43,48-50,52,54-73H2,1-5H3/b10-8-,11-9-,16-14-,17-15-,22-20-,23-21-,28-26-,29-27-,33-32-,36-35-,39-38-,42-41-,46-44-,47-45-,53-51-. The Balaban J connectivity index is 4.20. The zero-order chi connectivity index (χ0) is 62.6. The fourth-order valence-electron chi connectivity index (χ4n) is 8.36. The summed E-state index contributed by atoms with van der Waals surface area (Å²) in [5.41, 5.74) is 0. The van der Waals surface area contributed by atoms with Crippen molar-refractivity contribution >= 4 is 19.8 Å². The number of phosphoric ester groups is 1. The summed E-state index contributed by atoms with van der Waals surface area (Å²) in [4.78, 5) is 38.0. The van der Waals surface area contributed by atoms with Gasteiger partial charge >= 0.3 is 11.9 Å². The smallest absolute Gasteiger partial charge is 0.306 e. The van der Waals surface area contributed by atoms with Crippen LogP contribution in [0.4, 0.5) is 0 Å². The lowest BCUT2D eigenvalue weighted by Crippen LogP contribution is -2.37. The second-order valence-electron chi connectivity index (χ2n) is 22.7. The summed E-state index contributed by atoms with van der Waals surface area (Å²) in [6.45, 7) is 3.97. The van der Waals surface area contributed by atoms with Crippen molar-refractivity contribution in [3.8, 4) is 0 Å². The largest absolute Gasteiger partial charge is 0.756 e. The first-order valence-electron chi connectivity index (χ1n) is 33.5. The van der Waals surface area contributed by atoms with E-state index in [2.05, 4.69) is 196 Å². The van der Waals surface area contributed by atoms with Crippen molar-refractivity contribution in [3.63, 3.8) is 0 Å². The Bertz CT molecular complexity index is 2100. The fraction of sp³-hybridized carbons (Fsp3) is 0.579. The molecule has 0 aliphatic rings. The van der Waals surface area contributed by atoms with Crippen molar-refractivity contribution in [2.75, 3.05) is 47.5 Å². The molecule has 0 aromatic rings. The van der Waals surface area contributed by atoms with E-state index in [-0.39, 0.29) is 26.1 Å². The predicted octanol–water partition coefficient (Wildman–Crippen LogP) is 21.3. The maximum Gasteiger partial charge on any atom is 0.306 e. The highest BCUT2D eigenvalue weighted by Crippen LogP contribution is 2.38. The predicted molar refractivity (Wildman–Crippen MR) is 369 cm³/mol. The van der Waals surface area contributed by atoms with Crippen LogP contribution in [0.15, 0.2) is 182 Å². The number of allylic oxidation sites excluding steroid dienone is 30. The molecule has 0 saturated carbocycles. The molecule has 0 bridgehead atoms. The van der Waals surface area contributed by atoms with Crippen LogP contribution in [0.2, 0.25) is 0 Å². The molecule has 0 aliphatic heterocycles. The van der Waals surface area contributed by atoms with E-state index in [1.54, 1.807) is 0 Å². The van der Waals surface area contributed by atoms with Gasteiger partial charge in [0.1, 0.15) is 19.8 Å². The number of likely N-dealkylation sites (N-methyl/N-ethyl adjacent to an activating group) is 1. The number of phosphoric acid groups is 1. The van der Waals surface area contributed by atoms with Gasteiger partial charge < -0.3 is 27.9 Å². The van der Waals surface area contributed by atoms with Gasteiger partial charge in [0.25, 0.3) is 7.82 Å². The third-order valence-electron chi connectivity index (χ3n) is 13.4. The Labute approximate surface area is 527 Å². The molecular weight excluding hydrogens is 1090 g/mol. The minimum atomic E-state index is -4.66. The molecule has 0 heterocycles. The lowest BCUT2D eigenvalue weighted by atomic mass is 10.1. The lowest BCUT2D eigenvalue weighted by Gasteiger charge is -2.28. The number of unbranched alkanes of at least 4 members (excludes halogenated alkanes) is 15. The Hall–Kier alpha value is -4.89. The molecule has 0 N–H and O–H groups in total. The number of esters is 2. The molecule has 0 fully saturated rings. The molecule has 2 unspecified atom stereocenters. The average Bonchev–Trinajstić information content (AvgIpc) is 3.67. The summed E-state index contributed by atoms with van der Waals surface area (Å²) in [6, 6.07) is 0. The molecule has 86 heavy (non-hydrogen) atoms. The first-order valence-corrected chi connectivity index (χ1v) is 35.0. The Kier molecular flexibility index (Phi) is 60.9. The number of quaternary nitrogens is 1. The van der Waals surface area contributed by atoms with Gasteiger partial charge in [-0.15, -0.1) is 0 Å². The van der Waals surface area contributed by atoms with Crippen molar-refractivity contribution in [1.82, 2.24) is 0 Å². The van der Waals surface area contributed by atoms with Crippen molar-refractivity contribution in [3.05, 3.63) is 182 Å². The highest BCUT2D eigenvalue weighted by Gasteiger charge is 2.22. The quantitative estimate of drug-likeness (QED) is 0.0195. The van der Waals surface area contributed by atoms with Gasteiger partial charge in [-0.1, -0.05) is 267 Å². The highest BCUT2D eigenvalue weighted by atomic mass is 31.2. The van der Waals surface area contributed by atoms with Gasteiger partial charge in [-0.25, -0.2) is 0 Å². The van der Waals surface area contributed by atoms with E-state index in [1.807, 2.05) is 21.1 Å². The topological polar surface area (TPSA) is 111 Å². The van der Waals surface area contributed by atoms with Crippen molar-refractivity contribution in [1.29, 1.82) is 0 Å². The van der Waals surface area contributed by atoms with Gasteiger partial charge in [0, 0.05) is 12.8 Å². The summed E-state index contributed by atoms with van der Waals surface area (Å²) in [5, 5.41) is 0. The molecule has 484 valence electrons. The zero-order valence-electron chi connectivity index (χ0n) is 54.9. The second kappa shape index (κ2) is 64.6. The molecule has 0 radical (unpaired) electrons. The van der Waals surface area contributed by atoms with Crippen molar-refractivity contribution in [2.24, 2.45) is 0 Å². The maximum atomic E-state index is 12.9. The maximum absolute atomic E-state index is 12.9. The van der Waals surface area contributed by atoms with E-state index < -0.39 is 32.5 Å². The Morgan fingerprint density at radius 2 is 0.628 bits per heavy atom. The highest BCUT2D eigenvalue weighted by molar-refractivity contribution is 7.45. The number of carbonyl (C=O) groups excluding carboxylic acids is 2. The Morgan fingerprint density at radius 3 is 0.930 bits per heavy atom. The zero-order valence-corrected chi connectivity index (χ0v) is 55.8. The van der Waals surface area contributed by atoms with E-state index in [0.717, 1.165) is 161 Å². The summed E-state index contributed by atoms with van der Waals surface area (Å²) in [7, 11) is 1.12. The molecule has 9 nitrogen and oxygen atoms in total. The van der Waals surface area contributed by atoms with Gasteiger partial charge in [0.05, 0.1) is 27.7 Å². The van der Waals surface area contributed by atoms with E-state index in [0.29, 0.717) is 23.9 Å². The summed E-state index contributed by atoms with van der Waals surface area (Å²) in [6.07, 6.45) is 99.5. The van der Waals surface area contributed by atoms with Crippen LogP contribution in [0.3, 0.4) is 0 Å². The van der Waals surface area contributed by atoms with Gasteiger partial charge in [-0.3, -0.25) is 14.2 Å². The van der Waals surface area contributed by atoms with Crippen LogP contribution >= 0.6 is 7.82 Å². The van der Waals surface area contributed by atoms with Crippen LogP contribution in [-0.4, -0.2) is 70.0 Å². The van der Waals surface area contributed by atoms with Crippen molar-refractivity contribution < 1.29 is 42.1 Å². The minimum absolute atomic E-state index is 0.0454. The third-order valence-corrected chi connectivity index (χ3v) is 14.4. The van der Waals surface area contributed by atoms with Crippen LogP contribution in [0.1, 0.15) is 232 Å². The number of ether oxygens (including phenoxy) is 2. The Morgan fingerprint density at radius 1 is 0.360 bits per heavy atom.